The molecule has 0 spiro atoms. The maximum Gasteiger partial charge on any atom is 0.451 e. The third kappa shape index (κ3) is 4.85. The number of carboxylic acids is 1. The zero-order chi connectivity index (χ0) is 21.9. The highest BCUT2D eigenvalue weighted by Gasteiger charge is 2.54. The second kappa shape index (κ2) is 9.31. The predicted octanol–water partition coefficient (Wildman–Crippen LogP) is -1.33. The molecule has 12 heteroatoms. The molecule has 0 bridgehead atoms. The minimum atomic E-state index is -3.95. The Bertz CT molecular complexity index is 838. The molecule has 2 heterocycles. The zero-order valence-corrected chi connectivity index (χ0v) is 17.5. The van der Waals surface area contributed by atoms with Crippen LogP contribution in [0.4, 0.5) is 0 Å². The van der Waals surface area contributed by atoms with Gasteiger partial charge in [0.1, 0.15) is 5.54 Å². The van der Waals surface area contributed by atoms with E-state index in [1.807, 2.05) is 30.3 Å². The molecular weight excluding hydrogens is 411 g/mol. The van der Waals surface area contributed by atoms with E-state index in [-0.39, 0.29) is 38.4 Å². The van der Waals surface area contributed by atoms with Crippen molar-refractivity contribution in [3.63, 3.8) is 0 Å². The quantitative estimate of drug-likeness (QED) is 0.280. The summed E-state index contributed by atoms with van der Waals surface area (Å²) in [6.45, 7) is 0.924. The highest BCUT2D eigenvalue weighted by molar-refractivity contribution is 7.86. The predicted molar refractivity (Wildman–Crippen MR) is 111 cm³/mol. The van der Waals surface area contributed by atoms with Crippen molar-refractivity contribution in [3.05, 3.63) is 35.9 Å². The summed E-state index contributed by atoms with van der Waals surface area (Å²) in [5.41, 5.74) is 5.29. The van der Waals surface area contributed by atoms with Crippen LogP contribution in [0.2, 0.25) is 6.32 Å². The van der Waals surface area contributed by atoms with Crippen LogP contribution in [-0.2, 0) is 21.5 Å². The molecule has 0 amide bonds. The number of benzene rings is 1. The lowest BCUT2D eigenvalue weighted by Crippen LogP contribution is -2.61. The Morgan fingerprint density at radius 3 is 2.50 bits per heavy atom. The van der Waals surface area contributed by atoms with E-state index in [1.54, 1.807) is 0 Å². The lowest BCUT2D eigenvalue weighted by atomic mass is 9.78. The van der Waals surface area contributed by atoms with Gasteiger partial charge in [0, 0.05) is 38.6 Å². The summed E-state index contributed by atoms with van der Waals surface area (Å²) in [4.78, 5) is 11.9. The van der Waals surface area contributed by atoms with Crippen LogP contribution in [0, 0.1) is 5.92 Å². The van der Waals surface area contributed by atoms with Crippen molar-refractivity contribution in [2.45, 2.75) is 37.3 Å². The first-order valence-corrected chi connectivity index (χ1v) is 11.4. The van der Waals surface area contributed by atoms with E-state index in [0.717, 1.165) is 5.56 Å². The summed E-state index contributed by atoms with van der Waals surface area (Å²) in [7, 11) is -5.44. The van der Waals surface area contributed by atoms with Crippen LogP contribution in [0.5, 0.6) is 0 Å². The summed E-state index contributed by atoms with van der Waals surface area (Å²) in [6.07, 6.45) is 0.700. The van der Waals surface area contributed by atoms with Crippen LogP contribution in [0.25, 0.3) is 0 Å². The van der Waals surface area contributed by atoms with E-state index in [0.29, 0.717) is 19.5 Å². The van der Waals surface area contributed by atoms with Crippen molar-refractivity contribution in [1.82, 2.24) is 13.9 Å². The summed E-state index contributed by atoms with van der Waals surface area (Å²) in [6, 6.07) is 9.04. The Morgan fingerprint density at radius 1 is 1.30 bits per heavy atom. The minimum absolute atomic E-state index is 0.0158. The zero-order valence-electron chi connectivity index (χ0n) is 16.7. The molecular formula is C18H29BN4O6S. The van der Waals surface area contributed by atoms with Gasteiger partial charge in [0.2, 0.25) is 0 Å². The molecule has 10 nitrogen and oxygen atoms in total. The standard InChI is InChI=1S/C18H29BN4O6S/c20-18(17(24)25)13-22(12-15(18)7-4-8-19(26)27)30(28,29)23(16-9-21-10-16)11-14-5-2-1-3-6-14/h1-3,5-6,15-16,21,26-27H,4,7-13,20H2,(H,24,25)/t15-,18-/m0/s1. The first-order chi connectivity index (χ1) is 14.1. The third-order valence-corrected chi connectivity index (χ3v) is 7.93. The maximum atomic E-state index is 13.5. The van der Waals surface area contributed by atoms with E-state index >= 15 is 0 Å². The van der Waals surface area contributed by atoms with Gasteiger partial charge >= 0.3 is 13.1 Å². The molecule has 0 aliphatic carbocycles. The lowest BCUT2D eigenvalue weighted by molar-refractivity contribution is -0.144. The van der Waals surface area contributed by atoms with Gasteiger partial charge in [-0.2, -0.15) is 17.0 Å². The number of hydrogen-bond donors (Lipinski definition) is 5. The highest BCUT2D eigenvalue weighted by Crippen LogP contribution is 2.34. The van der Waals surface area contributed by atoms with Gasteiger partial charge < -0.3 is 26.2 Å². The van der Waals surface area contributed by atoms with Crippen molar-refractivity contribution in [1.29, 1.82) is 0 Å². The van der Waals surface area contributed by atoms with Crippen LogP contribution in [0.15, 0.2) is 30.3 Å². The molecule has 2 saturated heterocycles. The molecule has 0 unspecified atom stereocenters. The smallest absolute Gasteiger partial charge is 0.451 e. The van der Waals surface area contributed by atoms with Crippen LogP contribution >= 0.6 is 0 Å². The van der Waals surface area contributed by atoms with Crippen LogP contribution < -0.4 is 11.1 Å². The fourth-order valence-corrected chi connectivity index (χ4v) is 5.88. The van der Waals surface area contributed by atoms with Crippen molar-refractivity contribution >= 4 is 23.3 Å². The fourth-order valence-electron chi connectivity index (χ4n) is 4.00. The molecule has 1 aromatic carbocycles. The van der Waals surface area contributed by atoms with Gasteiger partial charge in [-0.25, -0.2) is 0 Å². The third-order valence-electron chi connectivity index (χ3n) is 5.97. The molecule has 0 saturated carbocycles. The van der Waals surface area contributed by atoms with E-state index in [9.17, 15) is 18.3 Å². The normalized spacial score (nSPS) is 25.4. The molecule has 30 heavy (non-hydrogen) atoms. The van der Waals surface area contributed by atoms with Crippen molar-refractivity contribution < 1.29 is 28.4 Å². The molecule has 166 valence electrons. The molecule has 0 radical (unpaired) electrons. The van der Waals surface area contributed by atoms with Crippen LogP contribution in [-0.4, -0.2) is 83.0 Å². The average Bonchev–Trinajstić information content (AvgIpc) is 2.99. The second-order valence-electron chi connectivity index (χ2n) is 8.10. The van der Waals surface area contributed by atoms with Crippen LogP contribution in [0.1, 0.15) is 18.4 Å². The minimum Gasteiger partial charge on any atom is -0.480 e. The summed E-state index contributed by atoms with van der Waals surface area (Å²) in [5, 5.41) is 30.9. The number of carboxylic acid groups (broad SMARTS) is 1. The molecule has 2 atom stereocenters. The van der Waals surface area contributed by atoms with Crippen LogP contribution in [0.3, 0.4) is 0 Å². The van der Waals surface area contributed by atoms with Gasteiger partial charge in [-0.3, -0.25) is 4.79 Å². The Hall–Kier alpha value is -1.54. The molecule has 2 aliphatic rings. The first-order valence-electron chi connectivity index (χ1n) is 10.0. The van der Waals surface area contributed by atoms with Gasteiger partial charge in [-0.15, -0.1) is 0 Å². The fraction of sp³-hybridized carbons (Fsp3) is 0.611. The topological polar surface area (TPSA) is 156 Å². The molecule has 0 aromatic heterocycles. The van der Waals surface area contributed by atoms with Crippen molar-refractivity contribution in [2.75, 3.05) is 26.2 Å². The van der Waals surface area contributed by atoms with Gasteiger partial charge in [0.05, 0.1) is 6.04 Å². The summed E-state index contributed by atoms with van der Waals surface area (Å²) in [5.74, 6) is -1.88. The maximum absolute atomic E-state index is 13.5. The number of carbonyl (C=O) groups is 1. The Balaban J connectivity index is 1.81. The Morgan fingerprint density at radius 2 is 1.97 bits per heavy atom. The number of hydrogen-bond acceptors (Lipinski definition) is 7. The molecule has 1 aromatic rings. The summed E-state index contributed by atoms with van der Waals surface area (Å²) >= 11 is 0. The van der Waals surface area contributed by atoms with E-state index in [2.05, 4.69) is 5.32 Å². The number of aliphatic carboxylic acids is 1. The Kier molecular flexibility index (Phi) is 7.18. The van der Waals surface area contributed by atoms with E-state index in [4.69, 9.17) is 15.8 Å². The SMILES string of the molecule is N[C@@]1(C(=O)O)CN(S(=O)(=O)N(Cc2ccccc2)C2CNC2)C[C@@H]1CCCB(O)O. The largest absolute Gasteiger partial charge is 0.480 e. The number of nitrogens with zero attached hydrogens (tertiary/aromatic N) is 2. The second-order valence-corrected chi connectivity index (χ2v) is 9.98. The first kappa shape index (κ1) is 23.1. The summed E-state index contributed by atoms with van der Waals surface area (Å²) < 4.78 is 29.6. The van der Waals surface area contributed by atoms with E-state index < -0.39 is 34.8 Å². The number of nitrogens with two attached hydrogens (primary N) is 1. The molecule has 6 N–H and O–H groups in total. The monoisotopic (exact) mass is 440 g/mol. The van der Waals surface area contributed by atoms with Gasteiger partial charge in [-0.05, 0) is 18.3 Å². The average molecular weight is 440 g/mol. The van der Waals surface area contributed by atoms with Crippen molar-refractivity contribution in [2.24, 2.45) is 11.7 Å². The Labute approximate surface area is 177 Å². The number of rotatable bonds is 10. The van der Waals surface area contributed by atoms with Gasteiger partial charge in [0.15, 0.2) is 0 Å². The highest BCUT2D eigenvalue weighted by atomic mass is 32.2. The molecule has 2 fully saturated rings. The van der Waals surface area contributed by atoms with Gasteiger partial charge in [0.25, 0.3) is 10.2 Å². The molecule has 3 rings (SSSR count). The molecule has 2 aliphatic heterocycles. The van der Waals surface area contributed by atoms with Gasteiger partial charge in [-0.1, -0.05) is 36.8 Å². The van der Waals surface area contributed by atoms with E-state index in [1.165, 1.54) is 8.61 Å². The number of nitrogens with one attached hydrogen (secondary N) is 1. The lowest BCUT2D eigenvalue weighted by Gasteiger charge is -2.39. The van der Waals surface area contributed by atoms with Crippen molar-refractivity contribution in [3.8, 4) is 0 Å².